The summed E-state index contributed by atoms with van der Waals surface area (Å²) in [5.74, 6) is 0. The topological polar surface area (TPSA) is 23.8 Å². The third kappa shape index (κ3) is 6.44. The number of rotatable bonds is 4. The molecule has 0 heterocycles. The summed E-state index contributed by atoms with van der Waals surface area (Å²) in [7, 11) is 0. The van der Waals surface area contributed by atoms with Gasteiger partial charge < -0.3 is 12.9 Å². The molecular formula is C11H10BF3KN. The Balaban J connectivity index is 0.00000256. The SMILES string of the molecule is N#CCC/C=C\c1cccc([B-](F)(F)F)c1.[K+]. The van der Waals surface area contributed by atoms with Gasteiger partial charge in [-0.1, -0.05) is 36.4 Å². The van der Waals surface area contributed by atoms with E-state index in [0.717, 1.165) is 12.1 Å². The van der Waals surface area contributed by atoms with Crippen LogP contribution in [-0.2, 0) is 0 Å². The van der Waals surface area contributed by atoms with Crippen LogP contribution in [-0.4, -0.2) is 6.98 Å². The summed E-state index contributed by atoms with van der Waals surface area (Å²) in [4.78, 5) is 0. The third-order valence-electron chi connectivity index (χ3n) is 2.02. The number of unbranched alkanes of at least 4 members (excludes halogenated alkanes) is 1. The Morgan fingerprint density at radius 2 is 2.00 bits per heavy atom. The van der Waals surface area contributed by atoms with Gasteiger partial charge in [0.05, 0.1) is 6.07 Å². The van der Waals surface area contributed by atoms with Crippen LogP contribution in [0.15, 0.2) is 30.3 Å². The standard InChI is InChI=1S/C11H10BF3N.K/c13-12(14,15)11-7-4-6-10(9-11)5-2-1-3-8-16;/h2,4-7,9H,1,3H2;/q-1;+1/b5-2-;. The second-order valence-electron chi connectivity index (χ2n) is 3.34. The maximum atomic E-state index is 12.4. The molecule has 0 saturated carbocycles. The van der Waals surface area contributed by atoms with Crippen molar-refractivity contribution in [2.75, 3.05) is 0 Å². The van der Waals surface area contributed by atoms with Gasteiger partial charge in [0, 0.05) is 6.42 Å². The van der Waals surface area contributed by atoms with Crippen molar-refractivity contribution in [1.29, 1.82) is 5.26 Å². The van der Waals surface area contributed by atoms with E-state index in [1.807, 2.05) is 6.07 Å². The molecule has 0 aromatic heterocycles. The molecule has 0 amide bonds. The van der Waals surface area contributed by atoms with Gasteiger partial charge in [0.25, 0.3) is 0 Å². The monoisotopic (exact) mass is 263 g/mol. The van der Waals surface area contributed by atoms with Gasteiger partial charge >= 0.3 is 58.4 Å². The Kier molecular flexibility index (Phi) is 8.09. The first-order valence-electron chi connectivity index (χ1n) is 4.87. The van der Waals surface area contributed by atoms with Crippen molar-refractivity contribution in [2.24, 2.45) is 0 Å². The van der Waals surface area contributed by atoms with Crippen LogP contribution >= 0.6 is 0 Å². The predicted octanol–water partition coefficient (Wildman–Crippen LogP) is 0.0620. The molecule has 0 unspecified atom stereocenters. The molecule has 1 rings (SSSR count). The van der Waals surface area contributed by atoms with Crippen molar-refractivity contribution < 1.29 is 64.3 Å². The van der Waals surface area contributed by atoms with E-state index in [1.165, 1.54) is 6.07 Å². The van der Waals surface area contributed by atoms with Crippen molar-refractivity contribution >= 4 is 18.5 Å². The molecule has 0 aliphatic heterocycles. The van der Waals surface area contributed by atoms with Gasteiger partial charge in [-0.15, -0.1) is 5.46 Å². The van der Waals surface area contributed by atoms with E-state index < -0.39 is 12.4 Å². The molecule has 17 heavy (non-hydrogen) atoms. The quantitative estimate of drug-likeness (QED) is 0.557. The van der Waals surface area contributed by atoms with Crippen LogP contribution in [0.25, 0.3) is 6.08 Å². The van der Waals surface area contributed by atoms with E-state index in [4.69, 9.17) is 5.26 Å². The fourth-order valence-corrected chi connectivity index (χ4v) is 1.23. The zero-order valence-corrected chi connectivity index (χ0v) is 12.7. The number of hydrogen-bond donors (Lipinski definition) is 0. The van der Waals surface area contributed by atoms with Crippen LogP contribution < -0.4 is 56.8 Å². The summed E-state index contributed by atoms with van der Waals surface area (Å²) in [6, 6.07) is 7.13. The van der Waals surface area contributed by atoms with Gasteiger partial charge in [-0.05, 0) is 12.0 Å². The van der Waals surface area contributed by atoms with Crippen molar-refractivity contribution in [3.63, 3.8) is 0 Å². The fourth-order valence-electron chi connectivity index (χ4n) is 1.23. The predicted molar refractivity (Wildman–Crippen MR) is 59.0 cm³/mol. The van der Waals surface area contributed by atoms with Crippen molar-refractivity contribution in [2.45, 2.75) is 12.8 Å². The molecule has 0 spiro atoms. The third-order valence-corrected chi connectivity index (χ3v) is 2.02. The van der Waals surface area contributed by atoms with Crippen LogP contribution in [0.5, 0.6) is 0 Å². The molecule has 0 atom stereocenters. The number of nitriles is 1. The molecule has 1 aromatic carbocycles. The first-order chi connectivity index (χ1) is 7.54. The Hall–Kier alpha value is -0.0587. The Morgan fingerprint density at radius 1 is 1.29 bits per heavy atom. The van der Waals surface area contributed by atoms with E-state index in [0.29, 0.717) is 18.4 Å². The van der Waals surface area contributed by atoms with Gasteiger partial charge in [-0.25, -0.2) is 0 Å². The van der Waals surface area contributed by atoms with Crippen LogP contribution in [0.4, 0.5) is 12.9 Å². The van der Waals surface area contributed by atoms with Crippen LogP contribution in [0.2, 0.25) is 0 Å². The van der Waals surface area contributed by atoms with Crippen LogP contribution in [0, 0.1) is 11.3 Å². The minimum Gasteiger partial charge on any atom is -0.445 e. The van der Waals surface area contributed by atoms with E-state index in [9.17, 15) is 12.9 Å². The number of allylic oxidation sites excluding steroid dienone is 1. The minimum absolute atomic E-state index is 0. The summed E-state index contributed by atoms with van der Waals surface area (Å²) in [5.41, 5.74) is -0.0860. The zero-order chi connectivity index (χ0) is 12.0. The number of hydrogen-bond acceptors (Lipinski definition) is 1. The first kappa shape index (κ1) is 16.9. The van der Waals surface area contributed by atoms with Gasteiger partial charge in [-0.2, -0.15) is 5.26 Å². The van der Waals surface area contributed by atoms with E-state index in [-0.39, 0.29) is 51.4 Å². The Bertz CT molecular complexity index is 423. The molecule has 1 nitrogen and oxygen atoms in total. The van der Waals surface area contributed by atoms with Crippen LogP contribution in [0.1, 0.15) is 18.4 Å². The van der Waals surface area contributed by atoms with Gasteiger partial charge in [0.15, 0.2) is 0 Å². The number of halogens is 3. The summed E-state index contributed by atoms with van der Waals surface area (Å²) < 4.78 is 37.2. The average molecular weight is 263 g/mol. The first-order valence-corrected chi connectivity index (χ1v) is 4.87. The van der Waals surface area contributed by atoms with E-state index in [1.54, 1.807) is 18.2 Å². The summed E-state index contributed by atoms with van der Waals surface area (Å²) in [6.07, 6.45) is 4.23. The van der Waals surface area contributed by atoms with Crippen molar-refractivity contribution in [3.8, 4) is 6.07 Å². The molecular weight excluding hydrogens is 253 g/mol. The second-order valence-corrected chi connectivity index (χ2v) is 3.34. The van der Waals surface area contributed by atoms with Crippen LogP contribution in [0.3, 0.4) is 0 Å². The molecule has 0 bridgehead atoms. The smallest absolute Gasteiger partial charge is 0.445 e. The Labute approximate surface area is 141 Å². The molecule has 84 valence electrons. The zero-order valence-electron chi connectivity index (χ0n) is 9.54. The average Bonchev–Trinajstić information content (AvgIpc) is 2.24. The molecule has 1 aromatic rings. The molecule has 0 aliphatic rings. The van der Waals surface area contributed by atoms with Crippen molar-refractivity contribution in [3.05, 3.63) is 35.9 Å². The molecule has 0 saturated heterocycles. The molecule has 0 fully saturated rings. The molecule has 0 radical (unpaired) electrons. The van der Waals surface area contributed by atoms with Gasteiger partial charge in [-0.3, -0.25) is 0 Å². The van der Waals surface area contributed by atoms with Crippen molar-refractivity contribution in [1.82, 2.24) is 0 Å². The summed E-state index contributed by atoms with van der Waals surface area (Å²) in [5, 5.41) is 8.28. The molecule has 0 aliphatic carbocycles. The normalized spacial score (nSPS) is 10.9. The number of nitrogens with zero attached hydrogens (tertiary/aromatic N) is 1. The summed E-state index contributed by atoms with van der Waals surface area (Å²) in [6.45, 7) is -4.94. The fraction of sp³-hybridized carbons (Fsp3) is 0.182. The second kappa shape index (κ2) is 8.12. The van der Waals surface area contributed by atoms with Gasteiger partial charge in [0.1, 0.15) is 0 Å². The maximum Gasteiger partial charge on any atom is 1.00 e. The van der Waals surface area contributed by atoms with E-state index in [2.05, 4.69) is 0 Å². The molecule has 6 heteroatoms. The largest absolute Gasteiger partial charge is 1.00 e. The minimum atomic E-state index is -4.94. The number of benzene rings is 1. The summed E-state index contributed by atoms with van der Waals surface area (Å²) >= 11 is 0. The van der Waals surface area contributed by atoms with E-state index >= 15 is 0 Å². The maximum absolute atomic E-state index is 12.4. The Morgan fingerprint density at radius 3 is 2.59 bits per heavy atom. The van der Waals surface area contributed by atoms with Gasteiger partial charge in [0.2, 0.25) is 0 Å². The molecule has 0 N–H and O–H groups in total.